The number of hydrogen-bond acceptors (Lipinski definition) is 4. The summed E-state index contributed by atoms with van der Waals surface area (Å²) in [6.45, 7) is 2.04. The van der Waals surface area contributed by atoms with Crippen molar-refractivity contribution in [3.63, 3.8) is 0 Å². The summed E-state index contributed by atoms with van der Waals surface area (Å²) < 4.78 is 2.29. The highest BCUT2D eigenvalue weighted by molar-refractivity contribution is 5.67. The zero-order chi connectivity index (χ0) is 16.4. The minimum Gasteiger partial charge on any atom is -0.307 e. The summed E-state index contributed by atoms with van der Waals surface area (Å²) in [7, 11) is 0. The largest absolute Gasteiger partial charge is 0.307 e. The first-order chi connectivity index (χ1) is 11.8. The summed E-state index contributed by atoms with van der Waals surface area (Å²) in [5, 5.41) is 8.76. The fourth-order valence-electron chi connectivity index (χ4n) is 3.59. The molecule has 3 aromatic heterocycles. The van der Waals surface area contributed by atoms with Gasteiger partial charge in [-0.3, -0.25) is 9.97 Å². The second-order valence-electron chi connectivity index (χ2n) is 6.40. The van der Waals surface area contributed by atoms with Gasteiger partial charge in [-0.2, -0.15) is 0 Å². The Labute approximate surface area is 141 Å². The van der Waals surface area contributed by atoms with Gasteiger partial charge in [0.15, 0.2) is 5.82 Å². The molecule has 1 aliphatic rings. The van der Waals surface area contributed by atoms with Crippen LogP contribution in [0.1, 0.15) is 44.0 Å². The van der Waals surface area contributed by atoms with E-state index in [0.29, 0.717) is 6.04 Å². The van der Waals surface area contributed by atoms with Gasteiger partial charge < -0.3 is 4.57 Å². The zero-order valence-electron chi connectivity index (χ0n) is 13.9. The van der Waals surface area contributed by atoms with E-state index < -0.39 is 0 Å². The van der Waals surface area contributed by atoms with Gasteiger partial charge in [-0.05, 0) is 43.5 Å². The zero-order valence-corrected chi connectivity index (χ0v) is 13.9. The number of pyridine rings is 2. The maximum absolute atomic E-state index is 4.56. The third-order valence-electron chi connectivity index (χ3n) is 4.79. The number of hydrogen-bond donors (Lipinski definition) is 0. The molecule has 5 nitrogen and oxygen atoms in total. The van der Waals surface area contributed by atoms with Gasteiger partial charge in [0, 0.05) is 30.2 Å². The van der Waals surface area contributed by atoms with Crippen LogP contribution in [0.3, 0.4) is 0 Å². The number of aryl methyl sites for hydroxylation is 1. The highest BCUT2D eigenvalue weighted by Crippen LogP contribution is 2.33. The molecule has 3 aromatic rings. The highest BCUT2D eigenvalue weighted by atomic mass is 15.3. The molecule has 0 atom stereocenters. The van der Waals surface area contributed by atoms with Crippen molar-refractivity contribution in [3.8, 4) is 22.6 Å². The quantitative estimate of drug-likeness (QED) is 0.725. The molecular weight excluding hydrogens is 298 g/mol. The Kier molecular flexibility index (Phi) is 4.07. The smallest absolute Gasteiger partial charge is 0.182 e. The van der Waals surface area contributed by atoms with Crippen LogP contribution in [0.4, 0.5) is 0 Å². The van der Waals surface area contributed by atoms with Crippen LogP contribution in [-0.2, 0) is 0 Å². The lowest BCUT2D eigenvalue weighted by Crippen LogP contribution is -2.15. The fourth-order valence-corrected chi connectivity index (χ4v) is 3.59. The van der Waals surface area contributed by atoms with Crippen molar-refractivity contribution >= 4 is 0 Å². The fraction of sp³-hybridized carbons (Fsp3) is 0.368. The van der Waals surface area contributed by atoms with Crippen LogP contribution < -0.4 is 0 Å². The van der Waals surface area contributed by atoms with Gasteiger partial charge in [0.2, 0.25) is 0 Å². The van der Waals surface area contributed by atoms with E-state index in [4.69, 9.17) is 0 Å². The Morgan fingerprint density at radius 1 is 1.00 bits per heavy atom. The van der Waals surface area contributed by atoms with E-state index >= 15 is 0 Å². The summed E-state index contributed by atoms with van der Waals surface area (Å²) in [5.74, 6) is 1.86. The van der Waals surface area contributed by atoms with E-state index in [2.05, 4.69) is 36.9 Å². The lowest BCUT2D eigenvalue weighted by Gasteiger charge is -2.25. The van der Waals surface area contributed by atoms with Crippen LogP contribution in [0.5, 0.6) is 0 Å². The molecule has 4 rings (SSSR count). The summed E-state index contributed by atoms with van der Waals surface area (Å²) in [6, 6.07) is 8.59. The van der Waals surface area contributed by atoms with Crippen molar-refractivity contribution in [2.45, 2.75) is 45.1 Å². The molecule has 0 N–H and O–H groups in total. The summed E-state index contributed by atoms with van der Waals surface area (Å²) in [5.41, 5.74) is 3.06. The van der Waals surface area contributed by atoms with Crippen LogP contribution in [0.25, 0.3) is 22.6 Å². The van der Waals surface area contributed by atoms with Gasteiger partial charge in [-0.25, -0.2) is 0 Å². The lowest BCUT2D eigenvalue weighted by atomic mass is 9.95. The average Bonchev–Trinajstić information content (AvgIpc) is 3.05. The predicted molar refractivity (Wildman–Crippen MR) is 93.3 cm³/mol. The third kappa shape index (κ3) is 2.82. The molecule has 0 radical (unpaired) electrons. The van der Waals surface area contributed by atoms with E-state index in [1.165, 1.54) is 32.1 Å². The Morgan fingerprint density at radius 2 is 1.88 bits per heavy atom. The van der Waals surface area contributed by atoms with Gasteiger partial charge in [0.05, 0.1) is 0 Å². The lowest BCUT2D eigenvalue weighted by molar-refractivity contribution is 0.350. The molecule has 0 aliphatic heterocycles. The van der Waals surface area contributed by atoms with Crippen molar-refractivity contribution in [1.29, 1.82) is 0 Å². The monoisotopic (exact) mass is 319 g/mol. The van der Waals surface area contributed by atoms with Crippen LogP contribution in [0.2, 0.25) is 0 Å². The number of aromatic nitrogens is 5. The maximum Gasteiger partial charge on any atom is 0.182 e. The first kappa shape index (κ1) is 15.0. The van der Waals surface area contributed by atoms with Crippen molar-refractivity contribution < 1.29 is 0 Å². The normalized spacial score (nSPS) is 15.5. The Bertz CT molecular complexity index is 819. The first-order valence-corrected chi connectivity index (χ1v) is 8.61. The van der Waals surface area contributed by atoms with Crippen LogP contribution >= 0.6 is 0 Å². The standard InChI is InChI=1S/C19H21N5/c1-14-22-23-19(24(14)17-7-3-2-4-8-17)18-12-15(9-11-21-18)16-6-5-10-20-13-16/h5-6,9-13,17H,2-4,7-8H2,1H3. The molecule has 0 spiro atoms. The third-order valence-corrected chi connectivity index (χ3v) is 4.79. The maximum atomic E-state index is 4.56. The molecule has 5 heteroatoms. The van der Waals surface area contributed by atoms with Gasteiger partial charge in [0.1, 0.15) is 11.5 Å². The van der Waals surface area contributed by atoms with E-state index in [0.717, 1.165) is 28.5 Å². The Hall–Kier alpha value is -2.56. The molecule has 0 saturated heterocycles. The van der Waals surface area contributed by atoms with Crippen molar-refractivity contribution in [2.75, 3.05) is 0 Å². The van der Waals surface area contributed by atoms with Gasteiger partial charge >= 0.3 is 0 Å². The summed E-state index contributed by atoms with van der Waals surface area (Å²) in [6.07, 6.45) is 11.8. The molecule has 1 saturated carbocycles. The summed E-state index contributed by atoms with van der Waals surface area (Å²) >= 11 is 0. The summed E-state index contributed by atoms with van der Waals surface area (Å²) in [4.78, 5) is 8.77. The molecule has 1 aliphatic carbocycles. The Morgan fingerprint density at radius 3 is 2.67 bits per heavy atom. The second kappa shape index (κ2) is 6.51. The van der Waals surface area contributed by atoms with Crippen molar-refractivity contribution in [3.05, 3.63) is 48.7 Å². The van der Waals surface area contributed by atoms with Gasteiger partial charge in [-0.1, -0.05) is 25.3 Å². The topological polar surface area (TPSA) is 56.5 Å². The molecule has 0 amide bonds. The molecular formula is C19H21N5. The van der Waals surface area contributed by atoms with E-state index in [9.17, 15) is 0 Å². The molecule has 1 fully saturated rings. The second-order valence-corrected chi connectivity index (χ2v) is 6.40. The van der Waals surface area contributed by atoms with Gasteiger partial charge in [-0.15, -0.1) is 10.2 Å². The van der Waals surface area contributed by atoms with E-state index in [-0.39, 0.29) is 0 Å². The Balaban J connectivity index is 1.75. The van der Waals surface area contributed by atoms with E-state index in [1.807, 2.05) is 31.5 Å². The van der Waals surface area contributed by atoms with Gasteiger partial charge in [0.25, 0.3) is 0 Å². The minimum atomic E-state index is 0.493. The predicted octanol–water partition coefficient (Wildman–Crippen LogP) is 4.22. The van der Waals surface area contributed by atoms with E-state index in [1.54, 1.807) is 6.20 Å². The molecule has 0 aromatic carbocycles. The van der Waals surface area contributed by atoms with Crippen molar-refractivity contribution in [2.24, 2.45) is 0 Å². The SMILES string of the molecule is Cc1nnc(-c2cc(-c3cccnc3)ccn2)n1C1CCCCC1. The highest BCUT2D eigenvalue weighted by Gasteiger charge is 2.22. The average molecular weight is 319 g/mol. The first-order valence-electron chi connectivity index (χ1n) is 8.61. The van der Waals surface area contributed by atoms with Crippen molar-refractivity contribution in [1.82, 2.24) is 24.7 Å². The molecule has 0 bridgehead atoms. The number of rotatable bonds is 3. The molecule has 0 unspecified atom stereocenters. The molecule has 122 valence electrons. The molecule has 3 heterocycles. The minimum absolute atomic E-state index is 0.493. The van der Waals surface area contributed by atoms with Crippen LogP contribution in [0, 0.1) is 6.92 Å². The molecule has 24 heavy (non-hydrogen) atoms. The van der Waals surface area contributed by atoms with Crippen LogP contribution in [0.15, 0.2) is 42.9 Å². The van der Waals surface area contributed by atoms with Crippen LogP contribution in [-0.4, -0.2) is 24.7 Å². The number of nitrogens with zero attached hydrogens (tertiary/aromatic N) is 5.